The lowest BCUT2D eigenvalue weighted by Gasteiger charge is -2.50. The van der Waals surface area contributed by atoms with E-state index in [0.29, 0.717) is 63.1 Å². The number of likely N-dealkylation sites (N-methyl/N-ethyl adjacent to an activating group) is 3. The number of aliphatic hydroxyl groups is 9. The maximum atomic E-state index is 14.0. The first-order valence-corrected chi connectivity index (χ1v) is 39.5. The Morgan fingerprint density at radius 1 is 0.442 bits per heavy atom. The zero-order valence-electron chi connectivity index (χ0n) is 68.8. The van der Waals surface area contributed by atoms with Crippen molar-refractivity contribution in [1.82, 2.24) is 19.6 Å². The third kappa shape index (κ3) is 13.6. The van der Waals surface area contributed by atoms with Crippen LogP contribution in [0.25, 0.3) is 51.2 Å². The Labute approximate surface area is 689 Å². The van der Waals surface area contributed by atoms with Crippen molar-refractivity contribution in [1.29, 1.82) is 0 Å². The number of furan rings is 3. The van der Waals surface area contributed by atoms with Crippen molar-refractivity contribution in [3.05, 3.63) is 174 Å². The molecule has 3 fully saturated rings. The first-order valence-electron chi connectivity index (χ1n) is 39.5. The van der Waals surface area contributed by atoms with Crippen LogP contribution < -0.4 is 17.2 Å². The fourth-order valence-electron chi connectivity index (χ4n) is 19.9. The van der Waals surface area contributed by atoms with Crippen molar-refractivity contribution in [3.8, 4) is 51.2 Å². The van der Waals surface area contributed by atoms with Gasteiger partial charge >= 0.3 is 0 Å². The van der Waals surface area contributed by atoms with Gasteiger partial charge in [0, 0.05) is 63.3 Å². The van der Waals surface area contributed by atoms with Crippen LogP contribution in [0.5, 0.6) is 17.2 Å². The number of nitrogens with two attached hydrogens (primary N) is 3. The molecule has 3 heterocycles. The molecule has 31 heteroatoms. The van der Waals surface area contributed by atoms with Gasteiger partial charge < -0.3 is 96.6 Å². The van der Waals surface area contributed by atoms with Crippen molar-refractivity contribution in [2.45, 2.75) is 140 Å². The quantitative estimate of drug-likeness (QED) is 0.0422. The van der Waals surface area contributed by atoms with Crippen LogP contribution in [0.15, 0.2) is 137 Å². The lowest BCUT2D eigenvalue weighted by molar-refractivity contribution is -0.155. The Morgan fingerprint density at radius 3 is 0.992 bits per heavy atom. The third-order valence-corrected chi connectivity index (χ3v) is 25.4. The van der Waals surface area contributed by atoms with Gasteiger partial charge in [0.05, 0.1) is 53.6 Å². The van der Waals surface area contributed by atoms with Crippen LogP contribution in [0.3, 0.4) is 0 Å². The predicted octanol–water partition coefficient (Wildman–Crippen LogP) is 7.30. The van der Waals surface area contributed by atoms with Gasteiger partial charge in [-0.25, -0.2) is 0 Å². The van der Waals surface area contributed by atoms with Crippen LogP contribution in [0.1, 0.15) is 117 Å². The largest absolute Gasteiger partial charge is 0.508 e. The molecule has 0 saturated heterocycles. The van der Waals surface area contributed by atoms with Gasteiger partial charge in [-0.05, 0) is 232 Å². The highest BCUT2D eigenvalue weighted by molar-refractivity contribution is 6.27. The number of aliphatic hydroxyl groups excluding tert-OH is 6. The topological polar surface area (TPSA) is 527 Å². The number of benzene rings is 3. The average molecular weight is 1650 g/mol. The predicted molar refractivity (Wildman–Crippen MR) is 434 cm³/mol. The van der Waals surface area contributed by atoms with Crippen molar-refractivity contribution in [2.75, 3.05) is 56.4 Å². The summed E-state index contributed by atoms with van der Waals surface area (Å²) in [4.78, 5) is 124. The molecule has 15 rings (SSSR count). The Hall–Kier alpha value is -11.7. The lowest BCUT2D eigenvalue weighted by atomic mass is 9.57. The van der Waals surface area contributed by atoms with Gasteiger partial charge in [0.1, 0.15) is 85.8 Å². The van der Waals surface area contributed by atoms with E-state index >= 15 is 0 Å². The number of fused-ring (bicyclic) bond motifs is 9. The van der Waals surface area contributed by atoms with Crippen molar-refractivity contribution >= 4 is 69.7 Å². The number of carbonyl (C=O) groups is 9. The van der Waals surface area contributed by atoms with Gasteiger partial charge in [0.15, 0.2) is 34.2 Å². The van der Waals surface area contributed by atoms with Crippen LogP contribution in [-0.4, -0.2) is 225 Å². The molecule has 120 heavy (non-hydrogen) atoms. The average Bonchev–Trinajstić information content (AvgIpc) is 0.801. The summed E-state index contributed by atoms with van der Waals surface area (Å²) >= 11 is 0. The number of aryl methyl sites for hydroxylation is 2. The number of primary amides is 3. The summed E-state index contributed by atoms with van der Waals surface area (Å²) in [6.45, 7) is 11.3. The van der Waals surface area contributed by atoms with Crippen LogP contribution in [-0.2, 0) is 81.8 Å². The smallest absolute Gasteiger partial charge is 0.255 e. The van der Waals surface area contributed by atoms with Gasteiger partial charge in [-0.15, -0.1) is 0 Å². The highest BCUT2D eigenvalue weighted by Crippen LogP contribution is 2.59. The second-order valence-corrected chi connectivity index (χ2v) is 35.4. The molecule has 0 bridgehead atoms. The molecular formula is C89H101N7O24. The van der Waals surface area contributed by atoms with Gasteiger partial charge in [0.2, 0.25) is 17.3 Å². The van der Waals surface area contributed by atoms with Crippen LogP contribution in [0.2, 0.25) is 0 Å². The fraction of sp³-hybridized carbons (Fsp3) is 0.427. The Morgan fingerprint density at radius 2 is 0.725 bits per heavy atom. The minimum atomic E-state index is -2.67. The first kappa shape index (κ1) is 86.1. The zero-order valence-corrected chi connectivity index (χ0v) is 68.8. The molecule has 0 spiro atoms. The van der Waals surface area contributed by atoms with E-state index in [4.69, 9.17) is 30.5 Å². The Balaban J connectivity index is 0.000000156. The summed E-state index contributed by atoms with van der Waals surface area (Å²) < 4.78 is 17.6. The molecule has 636 valence electrons. The molecule has 3 aromatic carbocycles. The molecule has 18 N–H and O–H groups in total. The second-order valence-electron chi connectivity index (χ2n) is 35.4. The fourth-order valence-corrected chi connectivity index (χ4v) is 19.9. The van der Waals surface area contributed by atoms with Crippen LogP contribution >= 0.6 is 0 Å². The van der Waals surface area contributed by atoms with Crippen molar-refractivity contribution in [2.24, 2.45) is 64.0 Å². The number of ketones is 6. The highest BCUT2D eigenvalue weighted by Gasteiger charge is 2.68. The summed E-state index contributed by atoms with van der Waals surface area (Å²) in [7, 11) is 13.2. The number of phenolic OH excluding ortho intramolecular Hbond substituents is 3. The molecule has 6 aromatic rings. The number of carbonyl (C=O) groups excluding carboxylic acids is 9. The molecule has 9 aliphatic carbocycles. The van der Waals surface area contributed by atoms with Gasteiger partial charge in [0.25, 0.3) is 17.7 Å². The van der Waals surface area contributed by atoms with E-state index < -0.39 is 174 Å². The van der Waals surface area contributed by atoms with Crippen molar-refractivity contribution in [3.63, 3.8) is 0 Å². The number of hydrogen-bond donors (Lipinski definition) is 15. The van der Waals surface area contributed by atoms with E-state index in [1.54, 1.807) is 79.3 Å². The van der Waals surface area contributed by atoms with E-state index in [1.807, 2.05) is 37.2 Å². The maximum Gasteiger partial charge on any atom is 0.255 e. The molecule has 3 amide bonds. The summed E-state index contributed by atoms with van der Waals surface area (Å²) in [5.74, 6) is -18.1. The van der Waals surface area contributed by atoms with E-state index in [9.17, 15) is 104 Å². The third-order valence-electron chi connectivity index (χ3n) is 25.4. The van der Waals surface area contributed by atoms with E-state index in [-0.39, 0.29) is 94.6 Å². The monoisotopic (exact) mass is 1650 g/mol. The van der Waals surface area contributed by atoms with Crippen molar-refractivity contribution < 1.29 is 118 Å². The summed E-state index contributed by atoms with van der Waals surface area (Å²) in [5.41, 5.74) is 11.7. The highest BCUT2D eigenvalue weighted by atomic mass is 16.4. The number of amides is 3. The molecular weight excluding hydrogens is 1550 g/mol. The molecule has 0 radical (unpaired) electrons. The zero-order chi connectivity index (χ0) is 88.0. The molecule has 0 unspecified atom stereocenters. The SMILES string of the molecule is CC(C)CCc1ccoc1-c1ccc(O)c2c1C[C@H]1C[C@H]3[C@H](N(C)C)C(=O)C(C(N)=O)=C(O)[C@@]3(O)C(=O)C1=C2O.CN(C)Cc1ccoc1-c1ccc(O)c2c1C[C@H]1C[C@H]3[C@@H](N(C)C)C(=O)C(C(N)=O)=C(O)[C@@]3(O)C(=O)C1=C2O.CN(C)[C@@H]1C(=O)C(C(N)=O)=C(O)[C@@]2(O)C(=O)C3=C(O)c4c(O)ccc(-c5occc5CCC(C)(C)C)c4C[C@H]3C[C@@H]12. The van der Waals surface area contributed by atoms with E-state index in [2.05, 4.69) is 34.6 Å². The molecule has 0 aliphatic heterocycles. The number of rotatable bonds is 16. The number of hydrogen-bond acceptors (Lipinski definition) is 28. The standard InChI is InChI=1S/C31H36N2O8.C30H34N2O8.C28H31N3O8/c1-30(2,3)10-8-14-9-11-41-26(14)16-6-7-19(34)21-17(16)12-15-13-18-23(33(4)5)25(36)22(29(32)39)28(38)31(18,40)27(37)20(15)24(21)35;1-13(2)5-6-14-9-10-40-26(14)16-7-8-19(33)21-17(16)11-15-12-18-23(32(3)4)25(35)22(29(31)38)28(37)30(18,39)27(36)20(15)24(21)34;1-30(2)11-12-7-8-39-24(12)14-5-6-17(32)19-15(14)9-13-10-16-21(31(3)4)23(34)20(27(29)37)26(36)28(16,38)25(35)18(13)22(19)33/h6-7,9,11,15,18,23,34-35,38,40H,8,10,12-13H2,1-5H3,(H2,32,39);7-10,13,15,18,23,33-34,37,39H,5-6,11-12H2,1-4H3,(H2,31,38);5-8,13,16,21,32-33,36,38H,9-11H2,1-4H3,(H2,29,37)/t15-,18-,23-,31-;15-,18-,23-,30-;13-,16-,21+,28-/m000/s1. The van der Waals surface area contributed by atoms with E-state index in [0.717, 1.165) is 42.4 Å². The van der Waals surface area contributed by atoms with Gasteiger partial charge in [-0.1, -0.05) is 34.6 Å². The van der Waals surface area contributed by atoms with Gasteiger partial charge in [-0.2, -0.15) is 0 Å². The number of Topliss-reactive ketones (excluding diaryl/α,β-unsaturated/α-hetero) is 6. The normalized spacial score (nSPS) is 26.4. The summed E-state index contributed by atoms with van der Waals surface area (Å²) in [5, 5.41) is 135. The molecule has 3 aromatic heterocycles. The minimum Gasteiger partial charge on any atom is -0.508 e. The molecule has 31 nitrogen and oxygen atoms in total. The molecule has 12 atom stereocenters. The van der Waals surface area contributed by atoms with Crippen LogP contribution in [0.4, 0.5) is 0 Å². The summed E-state index contributed by atoms with van der Waals surface area (Å²) in [6, 6.07) is 11.6. The summed E-state index contributed by atoms with van der Waals surface area (Å²) in [6.07, 6.45) is 8.74. The Bertz CT molecular complexity index is 5590. The van der Waals surface area contributed by atoms with Gasteiger partial charge in [-0.3, -0.25) is 57.9 Å². The lowest BCUT2D eigenvalue weighted by Crippen LogP contribution is -2.65. The maximum absolute atomic E-state index is 14.0. The number of nitrogens with zero attached hydrogens (tertiary/aromatic N) is 4. The number of phenols is 3. The minimum absolute atomic E-state index is 0.0174. The first-order chi connectivity index (χ1) is 56.2. The number of aromatic hydroxyl groups is 3. The molecule has 9 aliphatic rings. The second kappa shape index (κ2) is 31.1. The van der Waals surface area contributed by atoms with Crippen LogP contribution in [0, 0.1) is 46.8 Å². The molecule has 3 saturated carbocycles. The van der Waals surface area contributed by atoms with E-state index in [1.165, 1.54) is 32.9 Å². The Kier molecular flexibility index (Phi) is 22.4.